The molecule has 0 aliphatic carbocycles. The van der Waals surface area contributed by atoms with Crippen molar-refractivity contribution < 1.29 is 19.1 Å². The third-order valence-electron chi connectivity index (χ3n) is 5.27. The van der Waals surface area contributed by atoms with Gasteiger partial charge in [0.2, 0.25) is 5.91 Å². The van der Waals surface area contributed by atoms with Crippen LogP contribution in [0.1, 0.15) is 16.7 Å². The number of carbonyl (C=O) groups is 3. The smallest absolute Gasteiger partial charge is 0.294 e. The van der Waals surface area contributed by atoms with E-state index in [1.54, 1.807) is 11.0 Å². The topological polar surface area (TPSA) is 66.9 Å². The number of imide groups is 1. The highest BCUT2D eigenvalue weighted by Crippen LogP contribution is 2.35. The molecule has 4 rings (SSSR count). The highest BCUT2D eigenvalue weighted by atomic mass is 127. The number of halogens is 2. The molecule has 2 aliphatic heterocycles. The van der Waals surface area contributed by atoms with Gasteiger partial charge >= 0.3 is 0 Å². The van der Waals surface area contributed by atoms with Gasteiger partial charge in [-0.1, -0.05) is 30.2 Å². The van der Waals surface area contributed by atoms with Gasteiger partial charge in [-0.2, -0.15) is 0 Å². The van der Waals surface area contributed by atoms with E-state index in [1.165, 1.54) is 5.56 Å². The summed E-state index contributed by atoms with van der Waals surface area (Å²) in [5.41, 5.74) is 3.10. The summed E-state index contributed by atoms with van der Waals surface area (Å²) in [4.78, 5) is 41.3. The Labute approximate surface area is 223 Å². The summed E-state index contributed by atoms with van der Waals surface area (Å²) < 4.78 is 7.27. The maximum absolute atomic E-state index is 12.9. The minimum atomic E-state index is -0.451. The molecule has 9 heteroatoms. The van der Waals surface area contributed by atoms with Crippen molar-refractivity contribution >= 4 is 80.1 Å². The Bertz CT molecular complexity index is 1200. The lowest BCUT2D eigenvalue weighted by Crippen LogP contribution is -2.44. The number of carbonyl (C=O) groups excluding carboxylic acids is 3. The molecule has 2 aliphatic rings. The number of nitrogens with zero attached hydrogens (tertiary/aromatic N) is 2. The summed E-state index contributed by atoms with van der Waals surface area (Å²) in [6.45, 7) is 0.984. The van der Waals surface area contributed by atoms with E-state index in [9.17, 15) is 14.4 Å². The van der Waals surface area contributed by atoms with Crippen LogP contribution in [0.4, 0.5) is 4.79 Å². The Morgan fingerprint density at radius 2 is 1.88 bits per heavy atom. The number of amides is 3. The summed E-state index contributed by atoms with van der Waals surface area (Å²) in [7, 11) is 0. The zero-order valence-corrected chi connectivity index (χ0v) is 22.5. The van der Waals surface area contributed by atoms with Crippen LogP contribution in [-0.2, 0) is 22.6 Å². The highest BCUT2D eigenvalue weighted by Gasteiger charge is 2.37. The fraction of sp³-hybridized carbons (Fsp3) is 0.208. The Hall–Kier alpha value is -2.04. The zero-order valence-electron chi connectivity index (χ0n) is 17.3. The van der Waals surface area contributed by atoms with Crippen LogP contribution < -0.4 is 4.74 Å². The van der Waals surface area contributed by atoms with Gasteiger partial charge in [0.1, 0.15) is 18.9 Å². The molecule has 0 saturated carbocycles. The molecule has 0 spiro atoms. The lowest BCUT2D eigenvalue weighted by Gasteiger charge is -2.29. The molecule has 0 unspecified atom stereocenters. The Balaban J connectivity index is 1.46. The summed E-state index contributed by atoms with van der Waals surface area (Å²) >= 11 is 5.14. The third-order valence-corrected chi connectivity index (χ3v) is 7.78. The van der Waals surface area contributed by atoms with Gasteiger partial charge in [0.15, 0.2) is 0 Å². The van der Waals surface area contributed by atoms with Crippen molar-refractivity contribution in [3.8, 4) is 18.1 Å². The van der Waals surface area contributed by atoms with Crippen LogP contribution in [0.5, 0.6) is 5.75 Å². The van der Waals surface area contributed by atoms with Gasteiger partial charge in [0, 0.05) is 13.1 Å². The minimum Gasteiger partial charge on any atom is -0.479 e. The van der Waals surface area contributed by atoms with Gasteiger partial charge in [0.25, 0.3) is 11.1 Å². The number of rotatable bonds is 5. The number of ether oxygens (including phenoxy) is 1. The predicted molar refractivity (Wildman–Crippen MR) is 144 cm³/mol. The van der Waals surface area contributed by atoms with E-state index in [1.807, 2.05) is 30.3 Å². The molecule has 2 aromatic rings. The van der Waals surface area contributed by atoms with Crippen molar-refractivity contribution in [1.29, 1.82) is 0 Å². The molecule has 168 valence electrons. The van der Waals surface area contributed by atoms with Gasteiger partial charge in [-0.25, -0.2) is 0 Å². The summed E-state index contributed by atoms with van der Waals surface area (Å²) in [6.07, 6.45) is 7.70. The van der Waals surface area contributed by atoms with E-state index in [2.05, 4.69) is 57.2 Å². The van der Waals surface area contributed by atoms with Crippen molar-refractivity contribution in [2.75, 3.05) is 19.7 Å². The van der Waals surface area contributed by atoms with Gasteiger partial charge in [0.05, 0.1) is 12.0 Å². The van der Waals surface area contributed by atoms with Gasteiger partial charge in [-0.15, -0.1) is 6.42 Å². The number of hydrogen-bond donors (Lipinski definition) is 0. The second kappa shape index (κ2) is 10.5. The summed E-state index contributed by atoms with van der Waals surface area (Å²) in [5, 5.41) is -0.435. The molecule has 2 heterocycles. The van der Waals surface area contributed by atoms with E-state index < -0.39 is 11.1 Å². The molecule has 0 atom stereocenters. The lowest BCUT2D eigenvalue weighted by atomic mass is 10.00. The Kier molecular flexibility index (Phi) is 7.65. The molecule has 0 radical (unpaired) electrons. The van der Waals surface area contributed by atoms with Crippen molar-refractivity contribution in [2.45, 2.75) is 13.0 Å². The van der Waals surface area contributed by atoms with Crippen molar-refractivity contribution in [3.05, 3.63) is 65.1 Å². The number of fused-ring (bicyclic) bond motifs is 1. The molecule has 3 amide bonds. The standard InChI is InChI=1S/C24H18I2N2O4S/c1-2-9-32-22-18(25)10-15(11-19(22)26)12-20-23(30)28(24(31)33-20)14-21(29)27-8-7-16-5-3-4-6-17(16)13-27/h1,3-6,10-12H,7-9,13-14H2/b20-12-. The molecular weight excluding hydrogens is 666 g/mol. The maximum atomic E-state index is 12.9. The number of terminal acetylenes is 1. The average Bonchev–Trinajstić information content (AvgIpc) is 3.05. The first-order chi connectivity index (χ1) is 15.9. The van der Waals surface area contributed by atoms with Crippen LogP contribution >= 0.6 is 56.9 Å². The van der Waals surface area contributed by atoms with E-state index in [0.717, 1.165) is 41.3 Å². The third kappa shape index (κ3) is 5.38. The first-order valence-corrected chi connectivity index (χ1v) is 13.0. The van der Waals surface area contributed by atoms with Gasteiger partial charge in [-0.05, 0) is 98.3 Å². The van der Waals surface area contributed by atoms with Crippen LogP contribution in [0.2, 0.25) is 0 Å². The van der Waals surface area contributed by atoms with Crippen LogP contribution in [-0.4, -0.2) is 46.5 Å². The molecular formula is C24H18I2N2O4S. The van der Waals surface area contributed by atoms with Crippen LogP contribution in [0.15, 0.2) is 41.3 Å². The molecule has 6 nitrogen and oxygen atoms in total. The second-order valence-corrected chi connectivity index (χ2v) is 10.7. The van der Waals surface area contributed by atoms with Crippen LogP contribution in [0.25, 0.3) is 6.08 Å². The monoisotopic (exact) mass is 684 g/mol. The summed E-state index contributed by atoms with van der Waals surface area (Å²) in [6, 6.07) is 11.7. The minimum absolute atomic E-state index is 0.168. The molecule has 1 fully saturated rings. The molecule has 33 heavy (non-hydrogen) atoms. The summed E-state index contributed by atoms with van der Waals surface area (Å²) in [5.74, 6) is 2.45. The van der Waals surface area contributed by atoms with Gasteiger partial charge < -0.3 is 9.64 Å². The van der Waals surface area contributed by atoms with Crippen LogP contribution in [0.3, 0.4) is 0 Å². The Morgan fingerprint density at radius 3 is 2.58 bits per heavy atom. The Morgan fingerprint density at radius 1 is 1.18 bits per heavy atom. The maximum Gasteiger partial charge on any atom is 0.294 e. The fourth-order valence-electron chi connectivity index (χ4n) is 3.65. The number of hydrogen-bond acceptors (Lipinski definition) is 5. The van der Waals surface area contributed by atoms with Crippen molar-refractivity contribution in [3.63, 3.8) is 0 Å². The van der Waals surface area contributed by atoms with Gasteiger partial charge in [-0.3, -0.25) is 19.3 Å². The van der Waals surface area contributed by atoms with Crippen molar-refractivity contribution in [1.82, 2.24) is 9.80 Å². The molecule has 0 aromatic heterocycles. The molecule has 0 N–H and O–H groups in total. The predicted octanol–water partition coefficient (Wildman–Crippen LogP) is 4.53. The van der Waals surface area contributed by atoms with E-state index in [0.29, 0.717) is 23.7 Å². The normalized spacial score (nSPS) is 16.7. The first-order valence-electron chi connectivity index (χ1n) is 10.0. The molecule has 1 saturated heterocycles. The highest BCUT2D eigenvalue weighted by molar-refractivity contribution is 14.1. The average molecular weight is 684 g/mol. The van der Waals surface area contributed by atoms with Crippen molar-refractivity contribution in [2.24, 2.45) is 0 Å². The van der Waals surface area contributed by atoms with E-state index in [-0.39, 0.29) is 19.1 Å². The number of benzene rings is 2. The fourth-order valence-corrected chi connectivity index (χ4v) is 6.61. The largest absolute Gasteiger partial charge is 0.479 e. The second-order valence-electron chi connectivity index (χ2n) is 7.41. The van der Waals surface area contributed by atoms with Crippen LogP contribution in [0, 0.1) is 19.5 Å². The SMILES string of the molecule is C#CCOc1c(I)cc(/C=C2\SC(=O)N(CC(=O)N3CCc4ccccc4C3)C2=O)cc1I. The van der Waals surface area contributed by atoms with E-state index in [4.69, 9.17) is 11.2 Å². The lowest BCUT2D eigenvalue weighted by molar-refractivity contribution is -0.136. The van der Waals surface area contributed by atoms with E-state index >= 15 is 0 Å². The first kappa shape index (κ1) is 24.1. The molecule has 0 bridgehead atoms. The number of thioether (sulfide) groups is 1. The quantitative estimate of drug-likeness (QED) is 0.264. The molecule has 2 aromatic carbocycles. The zero-order chi connectivity index (χ0) is 23.5.